The standard InChI is InChI=1S/C23H27N3O3/c1-16-12-14-26(24-16)18-8-6-17(7-9-18)23(27)25-13-4-5-21(25)20-11-10-19(28-2)15-22(20)29-3/h6-11,15,21H,4-5,12-14H2,1-3H3. The molecule has 1 fully saturated rings. The Morgan fingerprint density at radius 3 is 2.52 bits per heavy atom. The Morgan fingerprint density at radius 1 is 1.07 bits per heavy atom. The molecule has 6 heteroatoms. The number of amides is 1. The number of hydrazone groups is 1. The van der Waals surface area contributed by atoms with Crippen LogP contribution in [0.5, 0.6) is 11.5 Å². The fourth-order valence-corrected chi connectivity index (χ4v) is 4.13. The first-order valence-corrected chi connectivity index (χ1v) is 10.1. The molecule has 0 radical (unpaired) electrons. The topological polar surface area (TPSA) is 54.4 Å². The van der Waals surface area contributed by atoms with Crippen molar-refractivity contribution in [1.82, 2.24) is 4.90 Å². The number of benzene rings is 2. The van der Waals surface area contributed by atoms with E-state index in [1.807, 2.05) is 59.3 Å². The van der Waals surface area contributed by atoms with Gasteiger partial charge >= 0.3 is 0 Å². The number of anilines is 1. The number of ether oxygens (including phenoxy) is 2. The SMILES string of the molecule is COc1ccc(C2CCCN2C(=O)c2ccc(N3CCC(C)=N3)cc2)c(OC)c1. The van der Waals surface area contributed by atoms with Gasteiger partial charge in [0.2, 0.25) is 0 Å². The maximum atomic E-state index is 13.3. The molecule has 4 rings (SSSR count). The largest absolute Gasteiger partial charge is 0.497 e. The number of methoxy groups -OCH3 is 2. The first kappa shape index (κ1) is 19.3. The highest BCUT2D eigenvalue weighted by atomic mass is 16.5. The Labute approximate surface area is 171 Å². The van der Waals surface area contributed by atoms with Gasteiger partial charge in [-0.25, -0.2) is 0 Å². The average molecular weight is 393 g/mol. The molecule has 1 amide bonds. The summed E-state index contributed by atoms with van der Waals surface area (Å²) < 4.78 is 10.9. The number of rotatable bonds is 5. The highest BCUT2D eigenvalue weighted by Crippen LogP contribution is 2.39. The van der Waals surface area contributed by atoms with Crippen molar-refractivity contribution in [3.63, 3.8) is 0 Å². The van der Waals surface area contributed by atoms with Crippen LogP contribution in [0.1, 0.15) is 48.1 Å². The molecule has 1 atom stereocenters. The zero-order valence-corrected chi connectivity index (χ0v) is 17.2. The molecule has 2 aromatic carbocycles. The molecule has 2 heterocycles. The first-order valence-electron chi connectivity index (χ1n) is 10.1. The normalized spacial score (nSPS) is 18.7. The van der Waals surface area contributed by atoms with Crippen molar-refractivity contribution < 1.29 is 14.3 Å². The second kappa shape index (κ2) is 8.15. The van der Waals surface area contributed by atoms with Gasteiger partial charge in [-0.3, -0.25) is 9.80 Å². The van der Waals surface area contributed by atoms with E-state index < -0.39 is 0 Å². The summed E-state index contributed by atoms with van der Waals surface area (Å²) in [6, 6.07) is 13.6. The van der Waals surface area contributed by atoms with E-state index in [1.165, 1.54) is 0 Å². The lowest BCUT2D eigenvalue weighted by Crippen LogP contribution is -2.30. The third kappa shape index (κ3) is 3.79. The number of nitrogens with zero attached hydrogens (tertiary/aromatic N) is 3. The Morgan fingerprint density at radius 2 is 1.86 bits per heavy atom. The number of likely N-dealkylation sites (tertiary alicyclic amines) is 1. The van der Waals surface area contributed by atoms with E-state index >= 15 is 0 Å². The Balaban J connectivity index is 1.55. The molecule has 0 spiro atoms. The fraction of sp³-hybridized carbons (Fsp3) is 0.391. The summed E-state index contributed by atoms with van der Waals surface area (Å²) in [5, 5.41) is 6.52. The van der Waals surface area contributed by atoms with E-state index in [0.717, 1.165) is 60.8 Å². The molecule has 0 aromatic heterocycles. The number of carbonyl (C=O) groups excluding carboxylic acids is 1. The first-order chi connectivity index (χ1) is 14.1. The molecule has 0 aliphatic carbocycles. The average Bonchev–Trinajstić information content (AvgIpc) is 3.42. The molecule has 0 bridgehead atoms. The molecule has 0 saturated carbocycles. The Bertz CT molecular complexity index is 923. The van der Waals surface area contributed by atoms with Crippen LogP contribution in [0, 0.1) is 0 Å². The van der Waals surface area contributed by atoms with Crippen molar-refractivity contribution in [2.45, 2.75) is 32.2 Å². The van der Waals surface area contributed by atoms with Crippen molar-refractivity contribution in [1.29, 1.82) is 0 Å². The van der Waals surface area contributed by atoms with Gasteiger partial charge in [0.1, 0.15) is 11.5 Å². The Hall–Kier alpha value is -3.02. The fourth-order valence-electron chi connectivity index (χ4n) is 4.13. The van der Waals surface area contributed by atoms with E-state index in [9.17, 15) is 4.79 Å². The third-order valence-corrected chi connectivity index (χ3v) is 5.70. The summed E-state index contributed by atoms with van der Waals surface area (Å²) in [5.41, 5.74) is 3.89. The lowest BCUT2D eigenvalue weighted by molar-refractivity contribution is 0.0734. The van der Waals surface area contributed by atoms with Crippen LogP contribution in [-0.4, -0.2) is 43.8 Å². The van der Waals surface area contributed by atoms with Gasteiger partial charge in [0, 0.05) is 42.4 Å². The summed E-state index contributed by atoms with van der Waals surface area (Å²) in [6.45, 7) is 3.68. The van der Waals surface area contributed by atoms with Crippen molar-refractivity contribution in [3.8, 4) is 11.5 Å². The van der Waals surface area contributed by atoms with Crippen LogP contribution in [0.2, 0.25) is 0 Å². The maximum absolute atomic E-state index is 13.3. The lowest BCUT2D eigenvalue weighted by atomic mass is 10.0. The molecule has 152 valence electrons. The zero-order chi connectivity index (χ0) is 20.4. The van der Waals surface area contributed by atoms with Crippen molar-refractivity contribution in [2.24, 2.45) is 5.10 Å². The monoisotopic (exact) mass is 393 g/mol. The minimum atomic E-state index is 0.00821. The molecule has 6 nitrogen and oxygen atoms in total. The van der Waals surface area contributed by atoms with Crippen LogP contribution in [0.4, 0.5) is 5.69 Å². The van der Waals surface area contributed by atoms with E-state index in [0.29, 0.717) is 5.56 Å². The number of hydrogen-bond donors (Lipinski definition) is 0. The van der Waals surface area contributed by atoms with Crippen LogP contribution in [-0.2, 0) is 0 Å². The zero-order valence-electron chi connectivity index (χ0n) is 17.2. The number of hydrogen-bond acceptors (Lipinski definition) is 5. The van der Waals surface area contributed by atoms with Gasteiger partial charge in [-0.15, -0.1) is 0 Å². The van der Waals surface area contributed by atoms with E-state index in [2.05, 4.69) is 5.10 Å². The summed E-state index contributed by atoms with van der Waals surface area (Å²) in [6.07, 6.45) is 2.89. The quantitative estimate of drug-likeness (QED) is 0.761. The van der Waals surface area contributed by atoms with Gasteiger partial charge in [-0.2, -0.15) is 5.10 Å². The van der Waals surface area contributed by atoms with Gasteiger partial charge in [-0.1, -0.05) is 0 Å². The highest BCUT2D eigenvalue weighted by Gasteiger charge is 2.32. The minimum Gasteiger partial charge on any atom is -0.497 e. The van der Waals surface area contributed by atoms with Crippen molar-refractivity contribution >= 4 is 17.3 Å². The molecule has 1 saturated heterocycles. The van der Waals surface area contributed by atoms with Crippen LogP contribution in [0.25, 0.3) is 0 Å². The van der Waals surface area contributed by atoms with Gasteiger partial charge in [0.05, 0.1) is 25.9 Å². The second-order valence-corrected chi connectivity index (χ2v) is 7.52. The molecule has 2 aliphatic heterocycles. The van der Waals surface area contributed by atoms with Crippen LogP contribution >= 0.6 is 0 Å². The van der Waals surface area contributed by atoms with E-state index in [-0.39, 0.29) is 11.9 Å². The Kier molecular flexibility index (Phi) is 5.43. The predicted octanol–water partition coefficient (Wildman–Crippen LogP) is 4.27. The van der Waals surface area contributed by atoms with Gasteiger partial charge in [0.15, 0.2) is 0 Å². The highest BCUT2D eigenvalue weighted by molar-refractivity contribution is 5.95. The summed E-state index contributed by atoms with van der Waals surface area (Å²) in [5.74, 6) is 1.56. The lowest BCUT2D eigenvalue weighted by Gasteiger charge is -2.27. The molecule has 2 aliphatic rings. The number of carbonyl (C=O) groups is 1. The predicted molar refractivity (Wildman–Crippen MR) is 114 cm³/mol. The van der Waals surface area contributed by atoms with E-state index in [1.54, 1.807) is 14.2 Å². The van der Waals surface area contributed by atoms with Gasteiger partial charge in [-0.05, 0) is 56.2 Å². The minimum absolute atomic E-state index is 0.00821. The van der Waals surface area contributed by atoms with E-state index in [4.69, 9.17) is 9.47 Å². The summed E-state index contributed by atoms with van der Waals surface area (Å²) in [7, 11) is 3.29. The van der Waals surface area contributed by atoms with Gasteiger partial charge in [0.25, 0.3) is 5.91 Å². The van der Waals surface area contributed by atoms with Crippen LogP contribution in [0.3, 0.4) is 0 Å². The molecule has 0 N–H and O–H groups in total. The molecular weight excluding hydrogens is 366 g/mol. The van der Waals surface area contributed by atoms with Crippen molar-refractivity contribution in [2.75, 3.05) is 32.3 Å². The molecular formula is C23H27N3O3. The second-order valence-electron chi connectivity index (χ2n) is 7.52. The molecule has 29 heavy (non-hydrogen) atoms. The van der Waals surface area contributed by atoms with Crippen LogP contribution < -0.4 is 14.5 Å². The van der Waals surface area contributed by atoms with Crippen LogP contribution in [0.15, 0.2) is 47.6 Å². The smallest absolute Gasteiger partial charge is 0.254 e. The summed E-state index contributed by atoms with van der Waals surface area (Å²) in [4.78, 5) is 15.2. The summed E-state index contributed by atoms with van der Waals surface area (Å²) >= 11 is 0. The van der Waals surface area contributed by atoms with Crippen molar-refractivity contribution in [3.05, 3.63) is 53.6 Å². The molecule has 2 aromatic rings. The molecule has 1 unspecified atom stereocenters. The third-order valence-electron chi connectivity index (χ3n) is 5.70. The van der Waals surface area contributed by atoms with Gasteiger partial charge < -0.3 is 14.4 Å². The maximum Gasteiger partial charge on any atom is 0.254 e.